The summed E-state index contributed by atoms with van der Waals surface area (Å²) in [6.07, 6.45) is 22.0. The first-order valence-corrected chi connectivity index (χ1v) is 14.4. The SMILES string of the molecule is C[C@@H](N)[C@H](O)CCCCCCCC(=O)CCCCCCCCCCCCCC[C@@H](O)[C@H](N)CO. The summed E-state index contributed by atoms with van der Waals surface area (Å²) in [7, 11) is 0. The molecule has 0 radical (unpaired) electrons. The highest BCUT2D eigenvalue weighted by molar-refractivity contribution is 5.78. The number of unbranched alkanes of at least 4 members (excludes halogenated alkanes) is 15. The number of carbonyl (C=O) groups is 1. The number of carbonyl (C=O) groups excluding carboxylic acids is 1. The molecule has 204 valence electrons. The highest BCUT2D eigenvalue weighted by atomic mass is 16.3. The Morgan fingerprint density at radius 3 is 1.26 bits per heavy atom. The molecule has 0 fully saturated rings. The molecule has 4 atom stereocenters. The van der Waals surface area contributed by atoms with Crippen LogP contribution in [0.25, 0.3) is 0 Å². The van der Waals surface area contributed by atoms with E-state index in [1.807, 2.05) is 6.92 Å². The Kier molecular flexibility index (Phi) is 23.8. The van der Waals surface area contributed by atoms with Crippen molar-refractivity contribution in [3.8, 4) is 0 Å². The predicted octanol–water partition coefficient (Wildman–Crippen LogP) is 5.14. The molecule has 6 heteroatoms. The van der Waals surface area contributed by atoms with Gasteiger partial charge < -0.3 is 26.8 Å². The summed E-state index contributed by atoms with van der Waals surface area (Å²) >= 11 is 0. The first-order chi connectivity index (χ1) is 16.4. The van der Waals surface area contributed by atoms with Crippen LogP contribution in [0.1, 0.15) is 142 Å². The van der Waals surface area contributed by atoms with E-state index in [0.29, 0.717) is 12.2 Å². The summed E-state index contributed by atoms with van der Waals surface area (Å²) in [4.78, 5) is 12.0. The molecule has 0 amide bonds. The summed E-state index contributed by atoms with van der Waals surface area (Å²) in [5.41, 5.74) is 11.3. The van der Waals surface area contributed by atoms with E-state index in [9.17, 15) is 15.0 Å². The second-order valence-corrected chi connectivity index (χ2v) is 10.5. The number of aliphatic hydroxyl groups excluding tert-OH is 3. The van der Waals surface area contributed by atoms with Crippen LogP contribution < -0.4 is 11.5 Å². The van der Waals surface area contributed by atoms with E-state index in [-0.39, 0.29) is 18.8 Å². The molecule has 0 aromatic heterocycles. The molecular weight excluding hydrogens is 428 g/mol. The first kappa shape index (κ1) is 33.5. The quantitative estimate of drug-likeness (QED) is 0.108. The van der Waals surface area contributed by atoms with E-state index in [2.05, 4.69) is 0 Å². The van der Waals surface area contributed by atoms with Gasteiger partial charge in [-0.2, -0.15) is 0 Å². The molecule has 7 N–H and O–H groups in total. The van der Waals surface area contributed by atoms with E-state index in [1.54, 1.807) is 0 Å². The number of rotatable bonds is 26. The lowest BCUT2D eigenvalue weighted by molar-refractivity contribution is -0.119. The average Bonchev–Trinajstić information content (AvgIpc) is 2.82. The summed E-state index contributed by atoms with van der Waals surface area (Å²) < 4.78 is 0. The molecule has 0 aliphatic carbocycles. The minimum Gasteiger partial charge on any atom is -0.395 e. The molecule has 0 rings (SSSR count). The smallest absolute Gasteiger partial charge is 0.132 e. The van der Waals surface area contributed by atoms with E-state index in [0.717, 1.165) is 70.6 Å². The normalized spacial score (nSPS) is 15.2. The van der Waals surface area contributed by atoms with Gasteiger partial charge in [0.15, 0.2) is 0 Å². The highest BCUT2D eigenvalue weighted by Gasteiger charge is 2.12. The number of ketones is 1. The lowest BCUT2D eigenvalue weighted by Crippen LogP contribution is -2.37. The minimum atomic E-state index is -0.573. The van der Waals surface area contributed by atoms with Gasteiger partial charge in [-0.15, -0.1) is 0 Å². The average molecular weight is 487 g/mol. The molecule has 0 spiro atoms. The Balaban J connectivity index is 3.26. The lowest BCUT2D eigenvalue weighted by atomic mass is 10.0. The minimum absolute atomic E-state index is 0.143. The van der Waals surface area contributed by atoms with Crippen molar-refractivity contribution in [3.63, 3.8) is 0 Å². The zero-order valence-corrected chi connectivity index (χ0v) is 22.3. The van der Waals surface area contributed by atoms with Crippen molar-refractivity contribution < 1.29 is 20.1 Å². The Morgan fingerprint density at radius 2 is 0.912 bits per heavy atom. The Labute approximate surface area is 210 Å². The monoisotopic (exact) mass is 486 g/mol. The fourth-order valence-corrected chi connectivity index (χ4v) is 4.37. The van der Waals surface area contributed by atoms with E-state index in [4.69, 9.17) is 16.6 Å². The van der Waals surface area contributed by atoms with Crippen molar-refractivity contribution in [1.82, 2.24) is 0 Å². The van der Waals surface area contributed by atoms with Crippen LogP contribution >= 0.6 is 0 Å². The fourth-order valence-electron chi connectivity index (χ4n) is 4.37. The van der Waals surface area contributed by atoms with Gasteiger partial charge in [0.05, 0.1) is 24.9 Å². The van der Waals surface area contributed by atoms with Gasteiger partial charge in [-0.1, -0.05) is 96.3 Å². The summed E-state index contributed by atoms with van der Waals surface area (Å²) in [5.74, 6) is 0.429. The third-order valence-corrected chi connectivity index (χ3v) is 6.97. The first-order valence-electron chi connectivity index (χ1n) is 14.4. The largest absolute Gasteiger partial charge is 0.395 e. The van der Waals surface area contributed by atoms with E-state index in [1.165, 1.54) is 57.8 Å². The van der Waals surface area contributed by atoms with Crippen molar-refractivity contribution in [2.45, 2.75) is 166 Å². The van der Waals surface area contributed by atoms with Gasteiger partial charge in [0.2, 0.25) is 0 Å². The van der Waals surface area contributed by atoms with E-state index >= 15 is 0 Å². The molecule has 0 bridgehead atoms. The van der Waals surface area contributed by atoms with Gasteiger partial charge in [0.25, 0.3) is 0 Å². The Bertz CT molecular complexity index is 448. The van der Waals surface area contributed by atoms with Crippen molar-refractivity contribution in [1.29, 1.82) is 0 Å². The third-order valence-electron chi connectivity index (χ3n) is 6.97. The summed E-state index contributed by atoms with van der Waals surface area (Å²) in [6.45, 7) is 1.70. The van der Waals surface area contributed by atoms with Crippen molar-refractivity contribution >= 4 is 5.78 Å². The standard InChI is InChI=1S/C28H58N2O4/c1-24(29)27(33)21-17-14-10-12-16-20-25(32)19-15-11-8-6-4-2-3-5-7-9-13-18-22-28(34)26(30)23-31/h24,26-28,31,33-34H,2-23,29-30H2,1H3/t24-,26-,27-,28-/m1/s1. The Morgan fingerprint density at radius 1 is 0.588 bits per heavy atom. The van der Waals surface area contributed by atoms with Crippen molar-refractivity contribution in [2.75, 3.05) is 6.61 Å². The van der Waals surface area contributed by atoms with Gasteiger partial charge in [-0.3, -0.25) is 4.79 Å². The highest BCUT2D eigenvalue weighted by Crippen LogP contribution is 2.15. The summed E-state index contributed by atoms with van der Waals surface area (Å²) in [5, 5.41) is 28.3. The fraction of sp³-hybridized carbons (Fsp3) is 0.964. The number of Topliss-reactive ketones (excluding diaryl/α,β-unsaturated/α-hetero) is 1. The molecule has 0 heterocycles. The van der Waals surface area contributed by atoms with Crippen LogP contribution in [-0.2, 0) is 4.79 Å². The number of hydrogen-bond acceptors (Lipinski definition) is 6. The number of hydrogen-bond donors (Lipinski definition) is 5. The molecular formula is C28H58N2O4. The molecule has 6 nitrogen and oxygen atoms in total. The zero-order valence-electron chi connectivity index (χ0n) is 22.3. The van der Waals surface area contributed by atoms with Gasteiger partial charge in [-0.25, -0.2) is 0 Å². The predicted molar refractivity (Wildman–Crippen MR) is 143 cm³/mol. The van der Waals surface area contributed by atoms with E-state index < -0.39 is 12.1 Å². The van der Waals surface area contributed by atoms with Gasteiger partial charge in [0, 0.05) is 18.9 Å². The van der Waals surface area contributed by atoms with Crippen molar-refractivity contribution in [2.24, 2.45) is 11.5 Å². The zero-order chi connectivity index (χ0) is 25.4. The third kappa shape index (κ3) is 22.0. The topological polar surface area (TPSA) is 130 Å². The lowest BCUT2D eigenvalue weighted by Gasteiger charge is -2.15. The second kappa shape index (κ2) is 24.2. The maximum absolute atomic E-state index is 12.0. The Hall–Kier alpha value is -0.530. The van der Waals surface area contributed by atoms with Crippen LogP contribution in [0.3, 0.4) is 0 Å². The van der Waals surface area contributed by atoms with Gasteiger partial charge >= 0.3 is 0 Å². The van der Waals surface area contributed by atoms with Crippen LogP contribution in [0.5, 0.6) is 0 Å². The second-order valence-electron chi connectivity index (χ2n) is 10.5. The van der Waals surface area contributed by atoms with Crippen LogP contribution in [0.4, 0.5) is 0 Å². The molecule has 0 saturated heterocycles. The summed E-state index contributed by atoms with van der Waals surface area (Å²) in [6, 6.07) is -0.643. The number of nitrogens with two attached hydrogens (primary N) is 2. The molecule has 34 heavy (non-hydrogen) atoms. The maximum Gasteiger partial charge on any atom is 0.132 e. The van der Waals surface area contributed by atoms with Gasteiger partial charge in [-0.05, 0) is 32.6 Å². The van der Waals surface area contributed by atoms with Crippen LogP contribution in [0.2, 0.25) is 0 Å². The van der Waals surface area contributed by atoms with Crippen molar-refractivity contribution in [3.05, 3.63) is 0 Å². The molecule has 0 saturated carbocycles. The van der Waals surface area contributed by atoms with Crippen LogP contribution in [-0.4, -0.2) is 52.0 Å². The number of aliphatic hydroxyl groups is 3. The maximum atomic E-state index is 12.0. The van der Waals surface area contributed by atoms with Crippen LogP contribution in [0, 0.1) is 0 Å². The van der Waals surface area contributed by atoms with Crippen LogP contribution in [0.15, 0.2) is 0 Å². The molecule has 0 aromatic carbocycles. The molecule has 0 aromatic rings. The molecule has 0 aliphatic heterocycles. The van der Waals surface area contributed by atoms with Gasteiger partial charge in [0.1, 0.15) is 5.78 Å². The molecule has 0 aliphatic rings. The molecule has 0 unspecified atom stereocenters.